The van der Waals surface area contributed by atoms with Crippen LogP contribution in [0.25, 0.3) is 0 Å². The van der Waals surface area contributed by atoms with Gasteiger partial charge < -0.3 is 5.32 Å². The third-order valence-electron chi connectivity index (χ3n) is 3.39. The van der Waals surface area contributed by atoms with Crippen molar-refractivity contribution in [2.45, 2.75) is 30.1 Å². The molecule has 0 spiro atoms. The summed E-state index contributed by atoms with van der Waals surface area (Å²) in [5.41, 5.74) is 0.645. The first-order valence-corrected chi connectivity index (χ1v) is 7.78. The number of carbonyl (C=O) groups excluding carboxylic acids is 1. The molecule has 0 atom stereocenters. The van der Waals surface area contributed by atoms with Crippen LogP contribution in [0.15, 0.2) is 29.2 Å². The fourth-order valence-electron chi connectivity index (χ4n) is 2.21. The Hall–Kier alpha value is -1.36. The summed E-state index contributed by atoms with van der Waals surface area (Å²) in [5.74, 6) is -0.0851. The molecular weight excluding hydrogens is 250 g/mol. The van der Waals surface area contributed by atoms with Crippen molar-refractivity contribution in [1.29, 1.82) is 0 Å². The summed E-state index contributed by atoms with van der Waals surface area (Å²) in [6, 6.07) is 7.07. The van der Waals surface area contributed by atoms with E-state index >= 15 is 0 Å². The maximum absolute atomic E-state index is 11.8. The Morgan fingerprint density at radius 3 is 2.44 bits per heavy atom. The predicted octanol–water partition coefficient (Wildman–Crippen LogP) is 1.26. The van der Waals surface area contributed by atoms with Crippen LogP contribution in [0.5, 0.6) is 0 Å². The van der Waals surface area contributed by atoms with Crippen molar-refractivity contribution in [3.8, 4) is 0 Å². The molecule has 0 radical (unpaired) electrons. The average Bonchev–Trinajstić information content (AvgIpc) is 3.06. The van der Waals surface area contributed by atoms with E-state index < -0.39 is 9.84 Å². The summed E-state index contributed by atoms with van der Waals surface area (Å²) in [7, 11) is -3.23. The van der Waals surface area contributed by atoms with Gasteiger partial charge in [0.25, 0.3) is 0 Å². The minimum Gasteiger partial charge on any atom is -0.355 e. The monoisotopic (exact) mass is 267 g/mol. The van der Waals surface area contributed by atoms with Crippen molar-refractivity contribution in [3.05, 3.63) is 29.8 Å². The van der Waals surface area contributed by atoms with Crippen LogP contribution < -0.4 is 5.32 Å². The molecule has 4 nitrogen and oxygen atoms in total. The number of carbonyl (C=O) groups is 1. The molecule has 0 heterocycles. The van der Waals surface area contributed by atoms with Gasteiger partial charge in [-0.3, -0.25) is 4.79 Å². The van der Waals surface area contributed by atoms with Crippen LogP contribution in [0.2, 0.25) is 0 Å². The number of nitrogens with one attached hydrogen (secondary N) is 1. The second-order valence-corrected chi connectivity index (χ2v) is 6.94. The van der Waals surface area contributed by atoms with Crippen LogP contribution in [-0.4, -0.2) is 27.1 Å². The van der Waals surface area contributed by atoms with E-state index in [1.807, 2.05) is 12.1 Å². The summed E-state index contributed by atoms with van der Waals surface area (Å²) >= 11 is 0. The van der Waals surface area contributed by atoms with Gasteiger partial charge in [0, 0.05) is 25.1 Å². The lowest BCUT2D eigenvalue weighted by molar-refractivity contribution is -0.119. The lowest BCUT2D eigenvalue weighted by atomic mass is 9.96. The standard InChI is InChI=1S/C13H17NO3S/c1-10(15)14-9-13(7-8-13)11-5-3-4-6-12(11)18(2,16)17/h3-6H,7-9H2,1-2H3,(H,14,15). The van der Waals surface area contributed by atoms with Crippen molar-refractivity contribution in [2.24, 2.45) is 0 Å². The third-order valence-corrected chi connectivity index (χ3v) is 4.54. The molecule has 0 unspecified atom stereocenters. The quantitative estimate of drug-likeness (QED) is 0.893. The number of rotatable bonds is 4. The van der Waals surface area contributed by atoms with Gasteiger partial charge in [0.05, 0.1) is 4.90 Å². The Balaban J connectivity index is 2.37. The topological polar surface area (TPSA) is 63.2 Å². The predicted molar refractivity (Wildman–Crippen MR) is 69.1 cm³/mol. The van der Waals surface area contributed by atoms with E-state index in [0.717, 1.165) is 18.4 Å². The summed E-state index contributed by atoms with van der Waals surface area (Å²) in [4.78, 5) is 11.4. The molecule has 1 amide bonds. The van der Waals surface area contributed by atoms with Crippen molar-refractivity contribution in [3.63, 3.8) is 0 Å². The molecule has 0 bridgehead atoms. The fourth-order valence-corrected chi connectivity index (χ4v) is 3.22. The SMILES string of the molecule is CC(=O)NCC1(c2ccccc2S(C)(=O)=O)CC1. The first-order valence-electron chi connectivity index (χ1n) is 5.89. The number of amides is 1. The molecule has 0 aliphatic heterocycles. The first kappa shape index (κ1) is 13.1. The first-order chi connectivity index (χ1) is 8.35. The normalized spacial score (nSPS) is 17.2. The molecule has 1 aliphatic rings. The van der Waals surface area contributed by atoms with E-state index in [2.05, 4.69) is 5.32 Å². The van der Waals surface area contributed by atoms with Crippen LogP contribution in [0, 0.1) is 0 Å². The molecule has 18 heavy (non-hydrogen) atoms. The smallest absolute Gasteiger partial charge is 0.216 e. The van der Waals surface area contributed by atoms with Gasteiger partial charge in [-0.25, -0.2) is 8.42 Å². The highest BCUT2D eigenvalue weighted by Gasteiger charge is 2.46. The zero-order chi connectivity index (χ0) is 13.4. The highest BCUT2D eigenvalue weighted by Crippen LogP contribution is 2.49. The van der Waals surface area contributed by atoms with Gasteiger partial charge in [-0.15, -0.1) is 0 Å². The van der Waals surface area contributed by atoms with E-state index in [4.69, 9.17) is 0 Å². The molecule has 0 aromatic heterocycles. The largest absolute Gasteiger partial charge is 0.355 e. The molecule has 0 saturated heterocycles. The van der Waals surface area contributed by atoms with Gasteiger partial charge in [-0.2, -0.15) is 0 Å². The Kier molecular flexibility index (Phi) is 3.19. The number of benzene rings is 1. The lowest BCUT2D eigenvalue weighted by Crippen LogP contribution is -2.31. The Morgan fingerprint density at radius 2 is 1.94 bits per heavy atom. The summed E-state index contributed by atoms with van der Waals surface area (Å²) < 4.78 is 23.6. The maximum Gasteiger partial charge on any atom is 0.216 e. The van der Waals surface area contributed by atoms with E-state index in [9.17, 15) is 13.2 Å². The minimum absolute atomic E-state index is 0.0851. The van der Waals surface area contributed by atoms with Gasteiger partial charge in [-0.05, 0) is 24.5 Å². The van der Waals surface area contributed by atoms with Gasteiger partial charge in [-0.1, -0.05) is 18.2 Å². The van der Waals surface area contributed by atoms with Gasteiger partial charge in [0.2, 0.25) is 5.91 Å². The molecule has 98 valence electrons. The van der Waals surface area contributed by atoms with E-state index in [1.54, 1.807) is 12.1 Å². The van der Waals surface area contributed by atoms with E-state index in [0.29, 0.717) is 11.4 Å². The molecule has 1 N–H and O–H groups in total. The molecule has 1 saturated carbocycles. The van der Waals surface area contributed by atoms with Crippen LogP contribution in [-0.2, 0) is 20.0 Å². The molecule has 1 aromatic carbocycles. The van der Waals surface area contributed by atoms with Crippen LogP contribution in [0.3, 0.4) is 0 Å². The summed E-state index contributed by atoms with van der Waals surface area (Å²) in [6.07, 6.45) is 3.06. The lowest BCUT2D eigenvalue weighted by Gasteiger charge is -2.19. The Morgan fingerprint density at radius 1 is 1.33 bits per heavy atom. The Bertz CT molecular complexity index is 574. The van der Waals surface area contributed by atoms with Crippen LogP contribution in [0.1, 0.15) is 25.3 Å². The molecule has 1 aliphatic carbocycles. The third kappa shape index (κ3) is 2.56. The molecule has 5 heteroatoms. The molecular formula is C13H17NO3S. The molecule has 1 aromatic rings. The van der Waals surface area contributed by atoms with Crippen LogP contribution in [0.4, 0.5) is 0 Å². The van der Waals surface area contributed by atoms with Gasteiger partial charge in [0.15, 0.2) is 9.84 Å². The van der Waals surface area contributed by atoms with Crippen molar-refractivity contribution < 1.29 is 13.2 Å². The summed E-state index contributed by atoms with van der Waals surface area (Å²) in [5, 5.41) is 2.79. The number of hydrogen-bond donors (Lipinski definition) is 1. The van der Waals surface area contributed by atoms with Crippen molar-refractivity contribution >= 4 is 15.7 Å². The molecule has 1 fully saturated rings. The van der Waals surface area contributed by atoms with Crippen molar-refractivity contribution in [1.82, 2.24) is 5.32 Å². The Labute approximate surface area is 107 Å². The van der Waals surface area contributed by atoms with Gasteiger partial charge in [0.1, 0.15) is 0 Å². The number of hydrogen-bond acceptors (Lipinski definition) is 3. The highest BCUT2D eigenvalue weighted by atomic mass is 32.2. The second kappa shape index (κ2) is 4.39. The highest BCUT2D eigenvalue weighted by molar-refractivity contribution is 7.90. The maximum atomic E-state index is 11.8. The number of sulfone groups is 1. The minimum atomic E-state index is -3.23. The fraction of sp³-hybridized carbons (Fsp3) is 0.462. The zero-order valence-corrected chi connectivity index (χ0v) is 11.4. The van der Waals surface area contributed by atoms with E-state index in [-0.39, 0.29) is 11.3 Å². The van der Waals surface area contributed by atoms with E-state index in [1.165, 1.54) is 13.2 Å². The molecule has 2 rings (SSSR count). The van der Waals surface area contributed by atoms with Crippen molar-refractivity contribution in [2.75, 3.05) is 12.8 Å². The summed E-state index contributed by atoms with van der Waals surface area (Å²) in [6.45, 7) is 1.98. The average molecular weight is 267 g/mol. The zero-order valence-electron chi connectivity index (χ0n) is 10.6. The second-order valence-electron chi connectivity index (χ2n) is 4.96. The van der Waals surface area contributed by atoms with Crippen LogP contribution >= 0.6 is 0 Å². The van der Waals surface area contributed by atoms with Gasteiger partial charge >= 0.3 is 0 Å².